The fourth-order valence-electron chi connectivity index (χ4n) is 4.27. The lowest BCUT2D eigenvalue weighted by atomic mass is 9.76. The summed E-state index contributed by atoms with van der Waals surface area (Å²) in [4.78, 5) is 27.1. The Morgan fingerprint density at radius 1 is 1.24 bits per heavy atom. The number of nitrogens with two attached hydrogens (primary N) is 1. The quantitative estimate of drug-likeness (QED) is 0.408. The van der Waals surface area contributed by atoms with Gasteiger partial charge in [0.15, 0.2) is 10.1 Å². The van der Waals surface area contributed by atoms with Gasteiger partial charge >= 0.3 is 0 Å². The number of benzene rings is 1. The van der Waals surface area contributed by atoms with Gasteiger partial charge in [-0.1, -0.05) is 58.2 Å². The molecule has 3 N–H and O–H groups in total. The monoisotopic (exact) mass is 570 g/mol. The van der Waals surface area contributed by atoms with Gasteiger partial charge in [0.25, 0.3) is 0 Å². The van der Waals surface area contributed by atoms with Crippen molar-refractivity contribution in [3.63, 3.8) is 0 Å². The van der Waals surface area contributed by atoms with E-state index in [-0.39, 0.29) is 28.8 Å². The number of hydrogen-bond acceptors (Lipinski definition) is 12. The normalized spacial score (nSPS) is 17.6. The van der Waals surface area contributed by atoms with Crippen molar-refractivity contribution in [2.75, 3.05) is 16.0 Å². The fraction of sp³-hybridized carbons (Fsp3) is 0.261. The van der Waals surface area contributed by atoms with Crippen molar-refractivity contribution in [2.45, 2.75) is 36.4 Å². The third kappa shape index (κ3) is 5.10. The van der Waals surface area contributed by atoms with Crippen LogP contribution < -0.4 is 16.0 Å². The Labute approximate surface area is 229 Å². The molecule has 37 heavy (non-hydrogen) atoms. The van der Waals surface area contributed by atoms with Crippen LogP contribution in [-0.4, -0.2) is 37.8 Å². The van der Waals surface area contributed by atoms with Crippen molar-refractivity contribution in [3.8, 4) is 6.07 Å². The summed E-state index contributed by atoms with van der Waals surface area (Å²) < 4.78 is 0.550. The van der Waals surface area contributed by atoms with Gasteiger partial charge in [0.1, 0.15) is 10.8 Å². The van der Waals surface area contributed by atoms with Crippen LogP contribution >= 0.6 is 46.0 Å². The number of nitrogens with one attached hydrogen (secondary N) is 1. The molecule has 14 heteroatoms. The molecule has 1 amide bonds. The zero-order chi connectivity index (χ0) is 26.1. The number of nitriles is 1. The standard InChI is InChI=1S/C23H19ClN8O2S3/c1-11-28-29-21(36-11)27-17(34)10-35-23-31-30-22(37-23)32-15-3-2-4-16(33)19(15)18(14(9-25)20(32)26)12-5-7-13(24)8-6-12/h5-8,18H,2-4,10,26H2,1H3,(H,27,29,34). The predicted molar refractivity (Wildman–Crippen MR) is 143 cm³/mol. The number of aryl methyl sites for hydroxylation is 1. The summed E-state index contributed by atoms with van der Waals surface area (Å²) in [6.45, 7) is 1.81. The van der Waals surface area contributed by atoms with Crippen molar-refractivity contribution in [3.05, 3.63) is 62.5 Å². The molecule has 1 aromatic carbocycles. The van der Waals surface area contributed by atoms with Crippen LogP contribution in [0.2, 0.25) is 5.02 Å². The van der Waals surface area contributed by atoms with Gasteiger partial charge in [-0.2, -0.15) is 5.26 Å². The summed E-state index contributed by atoms with van der Waals surface area (Å²) in [6.07, 6.45) is 1.68. The first kappa shape index (κ1) is 25.3. The molecule has 1 aliphatic heterocycles. The summed E-state index contributed by atoms with van der Waals surface area (Å²) >= 11 is 9.83. The van der Waals surface area contributed by atoms with Crippen molar-refractivity contribution in [1.29, 1.82) is 5.26 Å². The molecular weight excluding hydrogens is 552 g/mol. The van der Waals surface area contributed by atoms with Gasteiger partial charge in [0.2, 0.25) is 16.2 Å². The highest BCUT2D eigenvalue weighted by Gasteiger charge is 2.41. The summed E-state index contributed by atoms with van der Waals surface area (Å²) in [5.41, 5.74) is 8.89. The number of halogens is 1. The maximum atomic E-state index is 13.2. The maximum absolute atomic E-state index is 13.2. The number of Topliss-reactive ketones (excluding diaryl/α,β-unsaturated/α-hetero) is 1. The van der Waals surface area contributed by atoms with E-state index in [1.165, 1.54) is 34.4 Å². The van der Waals surface area contributed by atoms with Gasteiger partial charge in [0.05, 0.1) is 23.3 Å². The van der Waals surface area contributed by atoms with Crippen LogP contribution in [0.15, 0.2) is 51.3 Å². The molecule has 0 fully saturated rings. The zero-order valence-electron chi connectivity index (χ0n) is 19.4. The number of aromatic nitrogens is 4. The molecule has 0 radical (unpaired) electrons. The van der Waals surface area contributed by atoms with Gasteiger partial charge in [0, 0.05) is 22.7 Å². The van der Waals surface area contributed by atoms with E-state index in [1.54, 1.807) is 17.0 Å². The summed E-state index contributed by atoms with van der Waals surface area (Å²) in [5.74, 6) is -0.513. The molecule has 3 aromatic rings. The SMILES string of the molecule is Cc1nnc(NC(=O)CSc2nnc(N3C(N)=C(C#N)C(c4ccc(Cl)cc4)C4=C3CCCC4=O)s2)s1. The van der Waals surface area contributed by atoms with E-state index in [0.29, 0.717) is 44.5 Å². The van der Waals surface area contributed by atoms with E-state index in [2.05, 4.69) is 31.8 Å². The molecule has 1 unspecified atom stereocenters. The Morgan fingerprint density at radius 3 is 2.73 bits per heavy atom. The fourth-order valence-corrected chi connectivity index (χ4v) is 6.69. The predicted octanol–water partition coefficient (Wildman–Crippen LogP) is 4.39. The first-order valence-corrected chi connectivity index (χ1v) is 14.1. The van der Waals surface area contributed by atoms with Crippen LogP contribution in [0, 0.1) is 18.3 Å². The first-order valence-electron chi connectivity index (χ1n) is 11.1. The Bertz CT molecular complexity index is 1490. The summed E-state index contributed by atoms with van der Waals surface area (Å²) in [5, 5.41) is 31.2. The van der Waals surface area contributed by atoms with Crippen molar-refractivity contribution >= 4 is 68.0 Å². The van der Waals surface area contributed by atoms with Crippen molar-refractivity contribution < 1.29 is 9.59 Å². The van der Waals surface area contributed by atoms with Crippen LogP contribution in [0.3, 0.4) is 0 Å². The highest BCUT2D eigenvalue weighted by Crippen LogP contribution is 2.47. The molecule has 0 spiro atoms. The van der Waals surface area contributed by atoms with Crippen LogP contribution in [-0.2, 0) is 9.59 Å². The Balaban J connectivity index is 1.43. The highest BCUT2D eigenvalue weighted by atomic mass is 35.5. The average Bonchev–Trinajstić information content (AvgIpc) is 3.51. The molecule has 5 rings (SSSR count). The molecule has 1 atom stereocenters. The van der Waals surface area contributed by atoms with E-state index in [4.69, 9.17) is 17.3 Å². The van der Waals surface area contributed by atoms with Crippen LogP contribution in [0.5, 0.6) is 0 Å². The number of allylic oxidation sites excluding steroid dienone is 3. The largest absolute Gasteiger partial charge is 0.384 e. The smallest absolute Gasteiger partial charge is 0.236 e. The van der Waals surface area contributed by atoms with Gasteiger partial charge in [-0.25, -0.2) is 0 Å². The number of carbonyl (C=O) groups excluding carboxylic acids is 2. The van der Waals surface area contributed by atoms with Gasteiger partial charge in [-0.05, 0) is 37.5 Å². The average molecular weight is 571 g/mol. The number of ketones is 1. The van der Waals surface area contributed by atoms with Gasteiger partial charge < -0.3 is 5.73 Å². The minimum absolute atomic E-state index is 0.0193. The Kier molecular flexibility index (Phi) is 7.25. The topological polar surface area (TPSA) is 151 Å². The number of carbonyl (C=O) groups is 2. The van der Waals surface area contributed by atoms with Crippen molar-refractivity contribution in [1.82, 2.24) is 20.4 Å². The number of nitrogens with zero attached hydrogens (tertiary/aromatic N) is 6. The summed E-state index contributed by atoms with van der Waals surface area (Å²) in [7, 11) is 0. The molecule has 0 saturated heterocycles. The molecular formula is C23H19ClN8O2S3. The lowest BCUT2D eigenvalue weighted by molar-refractivity contribution is -0.116. The third-order valence-electron chi connectivity index (χ3n) is 5.80. The first-order chi connectivity index (χ1) is 17.9. The number of amides is 1. The Hall–Kier alpha value is -3.31. The molecule has 0 saturated carbocycles. The number of anilines is 2. The zero-order valence-corrected chi connectivity index (χ0v) is 22.6. The molecule has 10 nitrogen and oxygen atoms in total. The minimum Gasteiger partial charge on any atom is -0.384 e. The lowest BCUT2D eigenvalue weighted by Crippen LogP contribution is -2.38. The van der Waals surface area contributed by atoms with E-state index < -0.39 is 5.92 Å². The number of thioether (sulfide) groups is 1. The maximum Gasteiger partial charge on any atom is 0.236 e. The Morgan fingerprint density at radius 2 is 2.03 bits per heavy atom. The van der Waals surface area contributed by atoms with Crippen LogP contribution in [0.25, 0.3) is 0 Å². The molecule has 2 aromatic heterocycles. The van der Waals surface area contributed by atoms with Crippen LogP contribution in [0.1, 0.15) is 35.8 Å². The van der Waals surface area contributed by atoms with E-state index >= 15 is 0 Å². The number of hydrogen-bond donors (Lipinski definition) is 2. The van der Waals surface area contributed by atoms with Gasteiger partial charge in [-0.15, -0.1) is 20.4 Å². The lowest BCUT2D eigenvalue weighted by Gasteiger charge is -2.38. The van der Waals surface area contributed by atoms with Crippen LogP contribution in [0.4, 0.5) is 10.3 Å². The highest BCUT2D eigenvalue weighted by molar-refractivity contribution is 8.01. The minimum atomic E-state index is -0.573. The molecule has 0 bridgehead atoms. The number of rotatable bonds is 6. The van der Waals surface area contributed by atoms with Crippen molar-refractivity contribution in [2.24, 2.45) is 5.73 Å². The molecule has 2 aliphatic rings. The second kappa shape index (κ2) is 10.6. The second-order valence-electron chi connectivity index (χ2n) is 8.18. The van der Waals surface area contributed by atoms with E-state index in [0.717, 1.165) is 16.3 Å². The van der Waals surface area contributed by atoms with E-state index in [1.807, 2.05) is 19.1 Å². The molecule has 188 valence electrons. The second-order valence-corrected chi connectivity index (χ2v) is 12.0. The molecule has 1 aliphatic carbocycles. The van der Waals surface area contributed by atoms with E-state index in [9.17, 15) is 14.9 Å². The molecule has 3 heterocycles. The van der Waals surface area contributed by atoms with Gasteiger partial charge in [-0.3, -0.25) is 19.8 Å². The summed E-state index contributed by atoms with van der Waals surface area (Å²) in [6, 6.07) is 9.32. The third-order valence-corrected chi connectivity index (χ3v) is 8.85.